The monoisotopic (exact) mass is 574 g/mol. The first kappa shape index (κ1) is 16.1. The Bertz CT molecular complexity index is 1430. The number of fused-ring (bicyclic) bond motifs is 6. The lowest BCUT2D eigenvalue weighted by Gasteiger charge is -2.03. The fourth-order valence-corrected chi connectivity index (χ4v) is 5.91. The van der Waals surface area contributed by atoms with Crippen LogP contribution in [0.5, 0.6) is 0 Å². The number of hydrogen-bond acceptors (Lipinski definition) is 2. The summed E-state index contributed by atoms with van der Waals surface area (Å²) in [5.41, 5.74) is 6.48. The summed E-state index contributed by atoms with van der Waals surface area (Å²) in [6.07, 6.45) is 2.12. The maximum Gasteiger partial charge on any atom is 0.136 e. The van der Waals surface area contributed by atoms with Crippen LogP contribution in [0.1, 0.15) is 11.3 Å². The third-order valence-electron chi connectivity index (χ3n) is 4.98. The highest BCUT2D eigenvalue weighted by atomic mass is 127. The summed E-state index contributed by atoms with van der Waals surface area (Å²) < 4.78 is 17.8. The van der Waals surface area contributed by atoms with Crippen LogP contribution in [0, 0.1) is 3.57 Å². The Morgan fingerprint density at radius 2 is 1.37 bits per heavy atom. The lowest BCUT2D eigenvalue weighted by molar-refractivity contribution is 0.604. The van der Waals surface area contributed by atoms with E-state index in [1.165, 1.54) is 31.0 Å². The Morgan fingerprint density at radius 1 is 0.704 bits per heavy atom. The lowest BCUT2D eigenvalue weighted by atomic mass is 10.0. The molecule has 3 aromatic carbocycles. The van der Waals surface area contributed by atoms with Gasteiger partial charge in [-0.25, -0.2) is 0 Å². The van der Waals surface area contributed by atoms with E-state index in [0.29, 0.717) is 0 Å². The Morgan fingerprint density at radius 3 is 2.19 bits per heavy atom. The minimum atomic E-state index is -0.00781. The minimum Gasteiger partial charge on any atom is -0.456 e. The van der Waals surface area contributed by atoms with Gasteiger partial charge >= 0.3 is 0 Å². The Kier molecular flexibility index (Phi) is 3.59. The zero-order valence-electron chi connectivity index (χ0n) is 14.0. The van der Waals surface area contributed by atoms with Crippen molar-refractivity contribution in [3.8, 4) is 11.1 Å². The molecule has 0 radical (unpaired) electrons. The van der Waals surface area contributed by atoms with E-state index < -0.39 is 0 Å². The molecule has 27 heavy (non-hydrogen) atoms. The van der Waals surface area contributed by atoms with E-state index in [4.69, 9.17) is 8.83 Å². The van der Waals surface area contributed by atoms with Crippen LogP contribution in [-0.2, 0) is 0 Å². The summed E-state index contributed by atoms with van der Waals surface area (Å²) in [6.45, 7) is 0. The predicted molar refractivity (Wildman–Crippen MR) is 130 cm³/mol. The van der Waals surface area contributed by atoms with Gasteiger partial charge in [0.25, 0.3) is 0 Å². The molecular weight excluding hydrogens is 562 g/mol. The van der Waals surface area contributed by atoms with Crippen molar-refractivity contribution in [2.45, 2.75) is 0 Å². The molecular formula is C23H12I2O2. The lowest BCUT2D eigenvalue weighted by Crippen LogP contribution is -1.83. The normalized spacial score (nSPS) is 13.4. The summed E-state index contributed by atoms with van der Waals surface area (Å²) in [7, 11) is 0. The number of furan rings is 2. The van der Waals surface area contributed by atoms with Gasteiger partial charge < -0.3 is 8.83 Å². The van der Waals surface area contributed by atoms with Crippen molar-refractivity contribution in [2.75, 3.05) is 0 Å². The first-order chi connectivity index (χ1) is 13.3. The van der Waals surface area contributed by atoms with Crippen molar-refractivity contribution in [1.82, 2.24) is 0 Å². The molecule has 1 aliphatic rings. The molecule has 5 aromatic rings. The molecule has 1 aliphatic heterocycles. The van der Waals surface area contributed by atoms with Gasteiger partial charge in [-0.05, 0) is 90.4 Å². The van der Waals surface area contributed by atoms with Crippen LogP contribution in [0.25, 0.3) is 50.1 Å². The second kappa shape index (κ2) is 6.04. The predicted octanol–water partition coefficient (Wildman–Crippen LogP) is 7.71. The van der Waals surface area contributed by atoms with Crippen LogP contribution < -0.4 is 0 Å². The van der Waals surface area contributed by atoms with Crippen LogP contribution in [0.3, 0.4) is 0 Å². The summed E-state index contributed by atoms with van der Waals surface area (Å²) >= 11 is 2.34. The average molecular weight is 574 g/mol. The van der Waals surface area contributed by atoms with Gasteiger partial charge in [0, 0.05) is 25.3 Å². The highest BCUT2D eigenvalue weighted by Gasteiger charge is 2.14. The number of hydrogen-bond donors (Lipinski definition) is 0. The van der Waals surface area contributed by atoms with Gasteiger partial charge in [-0.15, -0.1) is 0 Å². The highest BCUT2D eigenvalue weighted by molar-refractivity contribution is 14.2. The van der Waals surface area contributed by atoms with E-state index in [-0.39, 0.29) is 20.7 Å². The molecule has 6 rings (SSSR count). The molecule has 0 unspecified atom stereocenters. The van der Waals surface area contributed by atoms with E-state index >= 15 is 0 Å². The maximum absolute atomic E-state index is 6.00. The third kappa shape index (κ3) is 2.53. The SMILES string of the molecule is Ic1ccc2oc3ccc(-c4ccc5oc6c(c5c4)C=IC=C6)cc3c2c1. The summed E-state index contributed by atoms with van der Waals surface area (Å²) in [6, 6.07) is 19.3. The molecule has 0 N–H and O–H groups in total. The molecule has 4 heteroatoms. The van der Waals surface area contributed by atoms with E-state index in [1.54, 1.807) is 0 Å². The molecule has 3 heterocycles. The van der Waals surface area contributed by atoms with Crippen molar-refractivity contribution in [3.63, 3.8) is 0 Å². The summed E-state index contributed by atoms with van der Waals surface area (Å²) in [5, 5.41) is 3.54. The van der Waals surface area contributed by atoms with Crippen molar-refractivity contribution in [3.05, 3.63) is 73.6 Å². The Balaban J connectivity index is 1.58. The van der Waals surface area contributed by atoms with Gasteiger partial charge in [0.15, 0.2) is 0 Å². The van der Waals surface area contributed by atoms with E-state index in [9.17, 15) is 0 Å². The standard InChI is InChI=1S/C23H12I2O2/c24-15-3-6-22-18(11-15)16-9-13(1-4-20(16)26-22)14-2-5-21-17(10-14)19-12-25-8-7-23(19)27-21/h1-12H. The quantitative estimate of drug-likeness (QED) is 0.192. The third-order valence-corrected chi connectivity index (χ3v) is 7.41. The maximum atomic E-state index is 6.00. The van der Waals surface area contributed by atoms with Crippen LogP contribution >= 0.6 is 43.3 Å². The largest absolute Gasteiger partial charge is 0.456 e. The molecule has 0 fully saturated rings. The van der Waals surface area contributed by atoms with Crippen molar-refractivity contribution in [2.24, 2.45) is 0 Å². The van der Waals surface area contributed by atoms with Crippen molar-refractivity contribution >= 4 is 86.3 Å². The molecule has 0 saturated carbocycles. The first-order valence-electron chi connectivity index (χ1n) is 8.57. The van der Waals surface area contributed by atoms with Gasteiger partial charge in [-0.2, -0.15) is 0 Å². The first-order valence-corrected chi connectivity index (χ1v) is 12.1. The molecule has 0 aliphatic carbocycles. The second-order valence-electron chi connectivity index (χ2n) is 6.57. The van der Waals surface area contributed by atoms with Gasteiger partial charge in [0.2, 0.25) is 0 Å². The average Bonchev–Trinajstić information content (AvgIpc) is 3.25. The van der Waals surface area contributed by atoms with Gasteiger partial charge in [-0.3, -0.25) is 0 Å². The second-order valence-corrected chi connectivity index (χ2v) is 9.88. The van der Waals surface area contributed by atoms with Crippen LogP contribution in [0.15, 0.2) is 67.5 Å². The van der Waals surface area contributed by atoms with E-state index in [1.807, 2.05) is 6.07 Å². The fraction of sp³-hybridized carbons (Fsp3) is 0. The van der Waals surface area contributed by atoms with E-state index in [0.717, 1.165) is 27.9 Å². The fourth-order valence-electron chi connectivity index (χ4n) is 3.67. The molecule has 2 aromatic heterocycles. The van der Waals surface area contributed by atoms with Gasteiger partial charge in [0.1, 0.15) is 22.5 Å². The molecule has 0 bridgehead atoms. The topological polar surface area (TPSA) is 26.3 Å². The molecule has 0 spiro atoms. The smallest absolute Gasteiger partial charge is 0.136 e. The highest BCUT2D eigenvalue weighted by Crippen LogP contribution is 2.36. The zero-order valence-corrected chi connectivity index (χ0v) is 18.3. The Labute approximate surface area is 178 Å². The van der Waals surface area contributed by atoms with E-state index in [2.05, 4.69) is 85.3 Å². The Hall–Kier alpha value is -1.93. The van der Waals surface area contributed by atoms with Crippen molar-refractivity contribution in [1.29, 1.82) is 0 Å². The van der Waals surface area contributed by atoms with Gasteiger partial charge in [0.05, 0.1) is 0 Å². The number of halogens is 2. The minimum absolute atomic E-state index is 0.00781. The van der Waals surface area contributed by atoms with Crippen LogP contribution in [-0.4, -0.2) is 4.01 Å². The number of benzene rings is 3. The van der Waals surface area contributed by atoms with Crippen LogP contribution in [0.4, 0.5) is 0 Å². The summed E-state index contributed by atoms with van der Waals surface area (Å²) in [4.78, 5) is 0. The van der Waals surface area contributed by atoms with Crippen molar-refractivity contribution < 1.29 is 8.83 Å². The zero-order chi connectivity index (χ0) is 18.0. The molecule has 130 valence electrons. The number of rotatable bonds is 1. The van der Waals surface area contributed by atoms with Crippen LogP contribution in [0.2, 0.25) is 0 Å². The van der Waals surface area contributed by atoms with Gasteiger partial charge in [-0.1, -0.05) is 32.9 Å². The summed E-state index contributed by atoms with van der Waals surface area (Å²) in [5.74, 6) is 0.985. The molecule has 2 nitrogen and oxygen atoms in total. The molecule has 0 atom stereocenters. The molecule has 0 saturated heterocycles. The molecule has 0 amide bonds.